The van der Waals surface area contributed by atoms with E-state index in [4.69, 9.17) is 19.9 Å². The Bertz CT molecular complexity index is 1050. The number of ether oxygens (including phenoxy) is 2. The Morgan fingerprint density at radius 2 is 1.94 bits per heavy atom. The first-order valence-electron chi connectivity index (χ1n) is 10.0. The fraction of sp³-hybridized carbons (Fsp3) is 0.304. The van der Waals surface area contributed by atoms with Gasteiger partial charge in [-0.2, -0.15) is 0 Å². The third-order valence-corrected chi connectivity index (χ3v) is 4.54. The number of hydrogen-bond donors (Lipinski definition) is 3. The van der Waals surface area contributed by atoms with Crippen LogP contribution in [0.3, 0.4) is 0 Å². The molecule has 0 aliphatic carbocycles. The van der Waals surface area contributed by atoms with Crippen LogP contribution in [0.4, 0.5) is 11.4 Å². The maximum absolute atomic E-state index is 8.31. The molecule has 3 N–H and O–H groups in total. The smallest absolute Gasteiger partial charge is 0.222 e. The van der Waals surface area contributed by atoms with Crippen molar-refractivity contribution in [3.8, 4) is 23.0 Å². The summed E-state index contributed by atoms with van der Waals surface area (Å²) in [5.41, 5.74) is 5.00. The van der Waals surface area contributed by atoms with Gasteiger partial charge in [-0.15, -0.1) is 0 Å². The van der Waals surface area contributed by atoms with Crippen LogP contribution in [0.5, 0.6) is 11.8 Å². The summed E-state index contributed by atoms with van der Waals surface area (Å²) in [5, 5.41) is 15.2. The molecule has 0 unspecified atom stereocenters. The number of nitrogens with one attached hydrogen (secondary N) is 3. The van der Waals surface area contributed by atoms with E-state index in [0.717, 1.165) is 22.5 Å². The van der Waals surface area contributed by atoms with Gasteiger partial charge in [0.15, 0.2) is 0 Å². The lowest BCUT2D eigenvalue weighted by atomic mass is 10.1. The summed E-state index contributed by atoms with van der Waals surface area (Å²) < 4.78 is 10.6. The number of aromatic nitrogens is 3. The van der Waals surface area contributed by atoms with Crippen molar-refractivity contribution in [2.24, 2.45) is 0 Å². The third kappa shape index (κ3) is 5.28. The van der Waals surface area contributed by atoms with Crippen molar-refractivity contribution < 1.29 is 9.47 Å². The maximum Gasteiger partial charge on any atom is 0.222 e. The highest BCUT2D eigenvalue weighted by molar-refractivity contribution is 6.03. The Balaban J connectivity index is 2.06. The highest BCUT2D eigenvalue weighted by atomic mass is 16.5. The standard InChI is InChI=1S/C23H28N6O2/c1-14(2)28-22-19(26-12-16-8-9-20(30-4)27-13-16)11-18(29-21(22)15(3)24)17-7-6-10-25-23(17)31-5/h6-11,13-14,24,28H,12H2,1-5H3,(H,26,29). The molecule has 0 saturated carbocycles. The van der Waals surface area contributed by atoms with Gasteiger partial charge in [0.1, 0.15) is 5.69 Å². The molecule has 3 aromatic rings. The minimum atomic E-state index is 0.168. The molecule has 0 radical (unpaired) electrons. The minimum Gasteiger partial charge on any atom is -0.481 e. The van der Waals surface area contributed by atoms with Crippen molar-refractivity contribution >= 4 is 17.1 Å². The van der Waals surface area contributed by atoms with Crippen LogP contribution < -0.4 is 20.1 Å². The quantitative estimate of drug-likeness (QED) is 0.441. The topological polar surface area (TPSA) is 105 Å². The fourth-order valence-electron chi connectivity index (χ4n) is 3.11. The summed E-state index contributed by atoms with van der Waals surface area (Å²) in [6.45, 7) is 6.39. The molecular formula is C23H28N6O2. The Hall–Kier alpha value is -3.68. The Morgan fingerprint density at radius 1 is 1.13 bits per heavy atom. The minimum absolute atomic E-state index is 0.168. The zero-order valence-electron chi connectivity index (χ0n) is 18.5. The Morgan fingerprint density at radius 3 is 2.55 bits per heavy atom. The highest BCUT2D eigenvalue weighted by Gasteiger charge is 2.18. The van der Waals surface area contributed by atoms with E-state index in [0.29, 0.717) is 35.4 Å². The van der Waals surface area contributed by atoms with Crippen LogP contribution in [0.25, 0.3) is 11.3 Å². The number of pyridine rings is 3. The van der Waals surface area contributed by atoms with Gasteiger partial charge in [-0.05, 0) is 44.5 Å². The molecule has 0 aliphatic rings. The van der Waals surface area contributed by atoms with Gasteiger partial charge in [-0.3, -0.25) is 0 Å². The van der Waals surface area contributed by atoms with Crippen LogP contribution >= 0.6 is 0 Å². The zero-order valence-corrected chi connectivity index (χ0v) is 18.5. The first-order chi connectivity index (χ1) is 14.9. The molecule has 0 spiro atoms. The maximum atomic E-state index is 8.31. The second-order valence-corrected chi connectivity index (χ2v) is 7.33. The van der Waals surface area contributed by atoms with E-state index in [1.54, 1.807) is 33.5 Å². The SMILES string of the molecule is COc1ccc(CNc2cc(-c3cccnc3OC)nc(C(C)=N)c2NC(C)C)cn1. The van der Waals surface area contributed by atoms with Gasteiger partial charge in [0.05, 0.1) is 42.6 Å². The van der Waals surface area contributed by atoms with Gasteiger partial charge in [0, 0.05) is 31.0 Å². The molecule has 31 heavy (non-hydrogen) atoms. The summed E-state index contributed by atoms with van der Waals surface area (Å²) in [4.78, 5) is 13.3. The van der Waals surface area contributed by atoms with E-state index in [1.165, 1.54) is 0 Å². The molecule has 0 aliphatic heterocycles. The van der Waals surface area contributed by atoms with Crippen molar-refractivity contribution in [3.05, 3.63) is 54.0 Å². The molecular weight excluding hydrogens is 392 g/mol. The first-order valence-corrected chi connectivity index (χ1v) is 10.0. The van der Waals surface area contributed by atoms with Crippen LogP contribution in [0.15, 0.2) is 42.7 Å². The lowest BCUT2D eigenvalue weighted by molar-refractivity contribution is 0.397. The average Bonchev–Trinajstić information content (AvgIpc) is 2.78. The summed E-state index contributed by atoms with van der Waals surface area (Å²) in [6.07, 6.45) is 3.45. The molecule has 0 saturated heterocycles. The van der Waals surface area contributed by atoms with Crippen molar-refractivity contribution in [2.75, 3.05) is 24.9 Å². The van der Waals surface area contributed by atoms with E-state index >= 15 is 0 Å². The predicted octanol–water partition coefficient (Wildman–Crippen LogP) is 4.38. The molecule has 8 heteroatoms. The normalized spacial score (nSPS) is 10.6. The molecule has 0 atom stereocenters. The number of nitrogens with zero attached hydrogens (tertiary/aromatic N) is 3. The summed E-state index contributed by atoms with van der Waals surface area (Å²) >= 11 is 0. The van der Waals surface area contributed by atoms with E-state index in [-0.39, 0.29) is 6.04 Å². The average molecular weight is 421 g/mol. The zero-order chi connectivity index (χ0) is 22.4. The van der Waals surface area contributed by atoms with Gasteiger partial charge in [0.2, 0.25) is 11.8 Å². The lowest BCUT2D eigenvalue weighted by Gasteiger charge is -2.21. The van der Waals surface area contributed by atoms with Gasteiger partial charge < -0.3 is 25.5 Å². The summed E-state index contributed by atoms with van der Waals surface area (Å²) in [5.74, 6) is 1.06. The van der Waals surface area contributed by atoms with Crippen molar-refractivity contribution in [1.29, 1.82) is 5.41 Å². The number of rotatable bonds is 9. The number of anilines is 2. The number of methoxy groups -OCH3 is 2. The molecule has 0 amide bonds. The molecule has 0 fully saturated rings. The summed E-state index contributed by atoms with van der Waals surface area (Å²) in [6, 6.07) is 9.66. The van der Waals surface area contributed by atoms with Crippen LogP contribution in [-0.2, 0) is 6.54 Å². The molecule has 3 heterocycles. The van der Waals surface area contributed by atoms with E-state index in [9.17, 15) is 0 Å². The van der Waals surface area contributed by atoms with Crippen LogP contribution in [0.2, 0.25) is 0 Å². The van der Waals surface area contributed by atoms with Crippen molar-refractivity contribution in [2.45, 2.75) is 33.4 Å². The van der Waals surface area contributed by atoms with E-state index in [1.807, 2.05) is 30.3 Å². The third-order valence-electron chi connectivity index (χ3n) is 4.54. The van der Waals surface area contributed by atoms with Crippen LogP contribution in [-0.4, -0.2) is 40.9 Å². The van der Waals surface area contributed by atoms with Gasteiger partial charge >= 0.3 is 0 Å². The molecule has 162 valence electrons. The van der Waals surface area contributed by atoms with E-state index < -0.39 is 0 Å². The molecule has 0 aromatic carbocycles. The second-order valence-electron chi connectivity index (χ2n) is 7.33. The molecule has 3 rings (SSSR count). The molecule has 0 bridgehead atoms. The largest absolute Gasteiger partial charge is 0.481 e. The van der Waals surface area contributed by atoms with Crippen molar-refractivity contribution in [1.82, 2.24) is 15.0 Å². The van der Waals surface area contributed by atoms with Crippen LogP contribution in [0.1, 0.15) is 32.0 Å². The Kier molecular flexibility index (Phi) is 7.02. The molecule has 8 nitrogen and oxygen atoms in total. The predicted molar refractivity (Wildman–Crippen MR) is 123 cm³/mol. The highest BCUT2D eigenvalue weighted by Crippen LogP contribution is 2.34. The second kappa shape index (κ2) is 9.88. The van der Waals surface area contributed by atoms with Gasteiger partial charge in [-0.1, -0.05) is 6.07 Å². The fourth-order valence-corrected chi connectivity index (χ4v) is 3.11. The Labute approximate surface area is 182 Å². The lowest BCUT2D eigenvalue weighted by Crippen LogP contribution is -2.17. The number of hydrogen-bond acceptors (Lipinski definition) is 8. The van der Waals surface area contributed by atoms with Crippen molar-refractivity contribution in [3.63, 3.8) is 0 Å². The van der Waals surface area contributed by atoms with Gasteiger partial charge in [0.25, 0.3) is 0 Å². The molecule has 3 aromatic heterocycles. The first kappa shape index (κ1) is 22.0. The van der Waals surface area contributed by atoms with E-state index in [2.05, 4.69) is 34.4 Å². The van der Waals surface area contributed by atoms with Gasteiger partial charge in [-0.25, -0.2) is 15.0 Å². The van der Waals surface area contributed by atoms with Crippen LogP contribution in [0, 0.1) is 5.41 Å². The monoisotopic (exact) mass is 420 g/mol. The summed E-state index contributed by atoms with van der Waals surface area (Å²) in [7, 11) is 3.18.